The van der Waals surface area contributed by atoms with E-state index in [-0.39, 0.29) is 6.04 Å². The average Bonchev–Trinajstić information content (AvgIpc) is 2.91. The highest BCUT2D eigenvalue weighted by Gasteiger charge is 2.35. The third-order valence-corrected chi connectivity index (χ3v) is 7.56. The molecule has 2 aromatic rings. The van der Waals surface area contributed by atoms with Crippen LogP contribution in [0.5, 0.6) is 0 Å². The van der Waals surface area contributed by atoms with E-state index in [9.17, 15) is 8.42 Å². The van der Waals surface area contributed by atoms with Crippen molar-refractivity contribution in [3.05, 3.63) is 50.1 Å². The number of aryl methyl sites for hydroxylation is 1. The number of rotatable bonds is 2. The molecule has 0 N–H and O–H groups in total. The standard InChI is InChI=1S/C15H16BrNO2S2/c1-10-3-4-12(16)9-15(10)21(18,19)17-7-5-14-13(11(17)2)6-8-20-14/h3-4,6,8-9,11H,5,7H2,1-2H3. The third-order valence-electron chi connectivity index (χ3n) is 3.96. The zero-order valence-corrected chi connectivity index (χ0v) is 15.1. The summed E-state index contributed by atoms with van der Waals surface area (Å²) in [4.78, 5) is 1.70. The van der Waals surface area contributed by atoms with Crippen molar-refractivity contribution >= 4 is 37.3 Å². The van der Waals surface area contributed by atoms with Crippen molar-refractivity contribution in [1.82, 2.24) is 4.31 Å². The number of benzene rings is 1. The molecule has 3 nitrogen and oxygen atoms in total. The predicted octanol–water partition coefficient (Wildman–Crippen LogP) is 4.13. The maximum absolute atomic E-state index is 13.0. The predicted molar refractivity (Wildman–Crippen MR) is 89.2 cm³/mol. The van der Waals surface area contributed by atoms with E-state index in [1.54, 1.807) is 21.7 Å². The molecule has 2 heterocycles. The largest absolute Gasteiger partial charge is 0.243 e. The van der Waals surface area contributed by atoms with E-state index in [2.05, 4.69) is 15.9 Å². The molecule has 0 saturated heterocycles. The molecule has 1 aromatic heterocycles. The van der Waals surface area contributed by atoms with Gasteiger partial charge in [-0.2, -0.15) is 4.31 Å². The number of fused-ring (bicyclic) bond motifs is 1. The molecule has 1 aromatic carbocycles. The Hall–Kier alpha value is -0.690. The molecule has 21 heavy (non-hydrogen) atoms. The summed E-state index contributed by atoms with van der Waals surface area (Å²) in [6.07, 6.45) is 0.795. The topological polar surface area (TPSA) is 37.4 Å². The van der Waals surface area contributed by atoms with Crippen molar-refractivity contribution < 1.29 is 8.42 Å². The van der Waals surface area contributed by atoms with Gasteiger partial charge in [0.05, 0.1) is 4.90 Å². The van der Waals surface area contributed by atoms with Gasteiger partial charge in [-0.05, 0) is 55.0 Å². The minimum atomic E-state index is -3.48. The number of thiophene rings is 1. The van der Waals surface area contributed by atoms with Crippen LogP contribution in [0.25, 0.3) is 0 Å². The molecule has 0 spiro atoms. The van der Waals surface area contributed by atoms with Crippen LogP contribution in [-0.2, 0) is 16.4 Å². The Labute approximate surface area is 137 Å². The molecule has 1 aliphatic rings. The molecule has 6 heteroatoms. The van der Waals surface area contributed by atoms with E-state index in [1.807, 2.05) is 37.4 Å². The van der Waals surface area contributed by atoms with Gasteiger partial charge in [-0.1, -0.05) is 22.0 Å². The highest BCUT2D eigenvalue weighted by atomic mass is 79.9. The van der Waals surface area contributed by atoms with Crippen LogP contribution in [0.4, 0.5) is 0 Å². The van der Waals surface area contributed by atoms with E-state index < -0.39 is 10.0 Å². The molecule has 0 amide bonds. The summed E-state index contributed by atoms with van der Waals surface area (Å²) < 4.78 is 28.4. The first-order valence-electron chi connectivity index (χ1n) is 6.75. The van der Waals surface area contributed by atoms with E-state index in [0.717, 1.165) is 22.0 Å². The van der Waals surface area contributed by atoms with Gasteiger partial charge in [-0.15, -0.1) is 11.3 Å². The molecule has 1 atom stereocenters. The Kier molecular flexibility index (Phi) is 3.98. The van der Waals surface area contributed by atoms with Gasteiger partial charge < -0.3 is 0 Å². The highest BCUT2D eigenvalue weighted by molar-refractivity contribution is 9.10. The summed E-state index contributed by atoms with van der Waals surface area (Å²) in [6, 6.07) is 7.33. The van der Waals surface area contributed by atoms with Crippen LogP contribution in [0.15, 0.2) is 39.0 Å². The summed E-state index contributed by atoms with van der Waals surface area (Å²) in [5, 5.41) is 2.04. The van der Waals surface area contributed by atoms with Gasteiger partial charge in [-0.25, -0.2) is 8.42 Å². The van der Waals surface area contributed by atoms with Crippen molar-refractivity contribution in [2.24, 2.45) is 0 Å². The second-order valence-corrected chi connectivity index (χ2v) is 9.03. The quantitative estimate of drug-likeness (QED) is 0.779. The van der Waals surface area contributed by atoms with Crippen LogP contribution >= 0.6 is 27.3 Å². The Morgan fingerprint density at radius 3 is 2.86 bits per heavy atom. The zero-order valence-electron chi connectivity index (χ0n) is 11.8. The maximum atomic E-state index is 13.0. The van der Waals surface area contributed by atoms with Gasteiger partial charge >= 0.3 is 0 Å². The zero-order chi connectivity index (χ0) is 15.2. The molecule has 1 unspecified atom stereocenters. The average molecular weight is 386 g/mol. The van der Waals surface area contributed by atoms with Gasteiger partial charge in [0.15, 0.2) is 0 Å². The lowest BCUT2D eigenvalue weighted by molar-refractivity contribution is 0.329. The third kappa shape index (κ3) is 2.59. The monoisotopic (exact) mass is 385 g/mol. The van der Waals surface area contributed by atoms with Gasteiger partial charge in [0.25, 0.3) is 0 Å². The van der Waals surface area contributed by atoms with Gasteiger partial charge in [0, 0.05) is 21.9 Å². The van der Waals surface area contributed by atoms with Crippen LogP contribution in [0.3, 0.4) is 0 Å². The van der Waals surface area contributed by atoms with Crippen LogP contribution in [0.1, 0.15) is 29.0 Å². The number of hydrogen-bond acceptors (Lipinski definition) is 3. The normalized spacial score (nSPS) is 19.5. The fourth-order valence-corrected chi connectivity index (χ4v) is 6.13. The first-order chi connectivity index (χ1) is 9.91. The maximum Gasteiger partial charge on any atom is 0.243 e. The first-order valence-corrected chi connectivity index (χ1v) is 9.87. The summed E-state index contributed by atoms with van der Waals surface area (Å²) in [5.74, 6) is 0. The van der Waals surface area contributed by atoms with E-state index in [1.165, 1.54) is 4.88 Å². The SMILES string of the molecule is Cc1ccc(Br)cc1S(=O)(=O)N1CCc2sccc2C1C. The van der Waals surface area contributed by atoms with Crippen molar-refractivity contribution in [2.45, 2.75) is 31.2 Å². The minimum absolute atomic E-state index is 0.108. The minimum Gasteiger partial charge on any atom is -0.207 e. The number of nitrogens with zero attached hydrogens (tertiary/aromatic N) is 1. The molecule has 0 saturated carbocycles. The van der Waals surface area contributed by atoms with Gasteiger partial charge in [-0.3, -0.25) is 0 Å². The van der Waals surface area contributed by atoms with Crippen molar-refractivity contribution in [2.75, 3.05) is 6.54 Å². The Morgan fingerprint density at radius 2 is 2.10 bits per heavy atom. The van der Waals surface area contributed by atoms with Crippen LogP contribution in [-0.4, -0.2) is 19.3 Å². The van der Waals surface area contributed by atoms with E-state index >= 15 is 0 Å². The van der Waals surface area contributed by atoms with Crippen molar-refractivity contribution in [3.63, 3.8) is 0 Å². The molecule has 0 fully saturated rings. The lowest BCUT2D eigenvalue weighted by atomic mass is 10.0. The first kappa shape index (κ1) is 15.2. The molecular weight excluding hydrogens is 370 g/mol. The smallest absolute Gasteiger partial charge is 0.207 e. The second-order valence-electron chi connectivity index (χ2n) is 5.25. The molecule has 1 aliphatic heterocycles. The fourth-order valence-electron chi connectivity index (χ4n) is 2.79. The van der Waals surface area contributed by atoms with Gasteiger partial charge in [0.2, 0.25) is 10.0 Å². The summed E-state index contributed by atoms with van der Waals surface area (Å²) in [5.41, 5.74) is 1.92. The molecule has 0 aliphatic carbocycles. The summed E-state index contributed by atoms with van der Waals surface area (Å²) in [6.45, 7) is 4.35. The second kappa shape index (κ2) is 5.50. The highest BCUT2D eigenvalue weighted by Crippen LogP contribution is 2.37. The fraction of sp³-hybridized carbons (Fsp3) is 0.333. The van der Waals surface area contributed by atoms with E-state index in [0.29, 0.717) is 11.4 Å². The van der Waals surface area contributed by atoms with Crippen LogP contribution in [0, 0.1) is 6.92 Å². The van der Waals surface area contributed by atoms with E-state index in [4.69, 9.17) is 0 Å². The number of hydrogen-bond donors (Lipinski definition) is 0. The number of halogens is 1. The lowest BCUT2D eigenvalue weighted by Crippen LogP contribution is -2.38. The number of sulfonamides is 1. The van der Waals surface area contributed by atoms with Crippen molar-refractivity contribution in [1.29, 1.82) is 0 Å². The van der Waals surface area contributed by atoms with Gasteiger partial charge in [0.1, 0.15) is 0 Å². The summed E-state index contributed by atoms with van der Waals surface area (Å²) >= 11 is 5.08. The molecule has 0 bridgehead atoms. The van der Waals surface area contributed by atoms with Crippen LogP contribution in [0.2, 0.25) is 0 Å². The van der Waals surface area contributed by atoms with Crippen LogP contribution < -0.4 is 0 Å². The Balaban J connectivity index is 2.05. The Morgan fingerprint density at radius 1 is 1.33 bits per heavy atom. The lowest BCUT2D eigenvalue weighted by Gasteiger charge is -2.33. The van der Waals surface area contributed by atoms with Crippen molar-refractivity contribution in [3.8, 4) is 0 Å². The summed E-state index contributed by atoms with van der Waals surface area (Å²) in [7, 11) is -3.48. The molecular formula is C15H16BrNO2S2. The molecule has 0 radical (unpaired) electrons. The molecule has 112 valence electrons. The molecule has 3 rings (SSSR count). The Bertz CT molecular complexity index is 783.